The third kappa shape index (κ3) is 4.75. The average molecular weight is 358 g/mol. The highest BCUT2D eigenvalue weighted by Crippen LogP contribution is 2.26. The molecule has 2 heterocycles. The Hall–Kier alpha value is -2.65. The van der Waals surface area contributed by atoms with Gasteiger partial charge in [-0.05, 0) is 60.7 Å². The molecule has 1 fully saturated rings. The summed E-state index contributed by atoms with van der Waals surface area (Å²) in [7, 11) is 0. The molecule has 1 N–H and O–H groups in total. The zero-order valence-corrected chi connectivity index (χ0v) is 15.7. The van der Waals surface area contributed by atoms with E-state index in [-0.39, 0.29) is 0 Å². The topological polar surface area (TPSA) is 28.2 Å². The quantitative estimate of drug-likeness (QED) is 0.701. The fourth-order valence-corrected chi connectivity index (χ4v) is 3.82. The van der Waals surface area contributed by atoms with Gasteiger partial charge in [0.1, 0.15) is 0 Å². The summed E-state index contributed by atoms with van der Waals surface area (Å²) >= 11 is 0. The molecule has 4 rings (SSSR count). The molecule has 1 aromatic heterocycles. The van der Waals surface area contributed by atoms with Crippen LogP contribution in [-0.4, -0.2) is 30.7 Å². The van der Waals surface area contributed by atoms with Crippen LogP contribution in [0.4, 0.5) is 5.69 Å². The van der Waals surface area contributed by atoms with E-state index >= 15 is 0 Å². The lowest BCUT2D eigenvalue weighted by Crippen LogP contribution is -2.43. The lowest BCUT2D eigenvalue weighted by Gasteiger charge is -2.34. The maximum Gasteiger partial charge on any atom is 0.0372 e. The Balaban J connectivity index is 1.29. The molecule has 2 aromatic carbocycles. The molecule has 3 aromatic rings. The minimum absolute atomic E-state index is 0.621. The Bertz CT molecular complexity index is 825. The summed E-state index contributed by atoms with van der Waals surface area (Å²) in [5.74, 6) is 0. The third-order valence-electron chi connectivity index (χ3n) is 5.38. The molecule has 0 radical (unpaired) electrons. The molecule has 3 heteroatoms. The normalized spacial score (nSPS) is 15.0. The highest BCUT2D eigenvalue weighted by Gasteiger charge is 2.19. The van der Waals surface area contributed by atoms with E-state index in [4.69, 9.17) is 0 Å². The predicted octanol–water partition coefficient (Wildman–Crippen LogP) is 4.55. The average Bonchev–Trinajstić information content (AvgIpc) is 2.76. The number of nitrogens with one attached hydrogen (secondary N) is 1. The predicted molar refractivity (Wildman–Crippen MR) is 113 cm³/mol. The first kappa shape index (κ1) is 17.7. The highest BCUT2D eigenvalue weighted by atomic mass is 15.1. The van der Waals surface area contributed by atoms with E-state index in [1.54, 1.807) is 0 Å². The van der Waals surface area contributed by atoms with Crippen molar-refractivity contribution in [3.8, 4) is 11.1 Å². The Kier molecular flexibility index (Phi) is 5.80. The van der Waals surface area contributed by atoms with E-state index in [0.717, 1.165) is 26.1 Å². The van der Waals surface area contributed by atoms with Crippen molar-refractivity contribution in [3.05, 3.63) is 84.7 Å². The van der Waals surface area contributed by atoms with Crippen LogP contribution in [-0.2, 0) is 6.42 Å². The number of pyridine rings is 1. The van der Waals surface area contributed by atoms with Crippen LogP contribution in [0.15, 0.2) is 79.1 Å². The van der Waals surface area contributed by atoms with Crippen LogP contribution in [0.3, 0.4) is 0 Å². The molecule has 0 amide bonds. The number of hydrogen-bond donors (Lipinski definition) is 1. The molecule has 0 aliphatic carbocycles. The molecule has 27 heavy (non-hydrogen) atoms. The maximum atomic E-state index is 4.19. The number of anilines is 1. The summed E-state index contributed by atoms with van der Waals surface area (Å²) < 4.78 is 0. The smallest absolute Gasteiger partial charge is 0.0372 e. The van der Waals surface area contributed by atoms with Gasteiger partial charge in [-0.25, -0.2) is 0 Å². The molecule has 0 bridgehead atoms. The van der Waals surface area contributed by atoms with Crippen LogP contribution in [0.1, 0.15) is 18.4 Å². The molecule has 0 saturated carbocycles. The van der Waals surface area contributed by atoms with Gasteiger partial charge in [-0.15, -0.1) is 0 Å². The molecule has 1 aliphatic heterocycles. The first-order valence-corrected chi connectivity index (χ1v) is 9.91. The summed E-state index contributed by atoms with van der Waals surface area (Å²) in [4.78, 5) is 6.71. The number of hydrogen-bond acceptors (Lipinski definition) is 3. The van der Waals surface area contributed by atoms with Crippen molar-refractivity contribution < 1.29 is 0 Å². The standard InChI is InChI=1S/C24H27N3/c1-2-7-21(8-3-1)22-9-4-10-24(18-22)27-16-12-23(13-17-27)26-15-11-20-6-5-14-25-19-20/h1-10,14,18-19,23,26H,11-13,15-17H2. The van der Waals surface area contributed by atoms with Crippen LogP contribution in [0.2, 0.25) is 0 Å². The first-order chi connectivity index (χ1) is 13.4. The Morgan fingerprint density at radius 3 is 2.48 bits per heavy atom. The Morgan fingerprint density at radius 1 is 0.889 bits per heavy atom. The number of benzene rings is 2. The van der Waals surface area contributed by atoms with Crippen molar-refractivity contribution >= 4 is 5.69 Å². The van der Waals surface area contributed by atoms with Crippen molar-refractivity contribution in [2.45, 2.75) is 25.3 Å². The molecule has 0 spiro atoms. The molecule has 0 unspecified atom stereocenters. The number of piperidine rings is 1. The molecular weight excluding hydrogens is 330 g/mol. The van der Waals surface area contributed by atoms with Crippen LogP contribution in [0, 0.1) is 0 Å². The van der Waals surface area contributed by atoms with Crippen molar-refractivity contribution in [1.82, 2.24) is 10.3 Å². The van der Waals surface area contributed by atoms with Crippen molar-refractivity contribution in [1.29, 1.82) is 0 Å². The summed E-state index contributed by atoms with van der Waals surface area (Å²) in [6.45, 7) is 3.26. The fourth-order valence-electron chi connectivity index (χ4n) is 3.82. The first-order valence-electron chi connectivity index (χ1n) is 9.91. The van der Waals surface area contributed by atoms with Gasteiger partial charge in [0.25, 0.3) is 0 Å². The van der Waals surface area contributed by atoms with Crippen LogP contribution in [0.5, 0.6) is 0 Å². The SMILES string of the molecule is c1ccc(-c2cccc(N3CCC(NCCc4cccnc4)CC3)c2)cc1. The van der Waals surface area contributed by atoms with Gasteiger partial charge in [-0.2, -0.15) is 0 Å². The zero-order valence-electron chi connectivity index (χ0n) is 15.7. The zero-order chi connectivity index (χ0) is 18.3. The van der Waals surface area contributed by atoms with E-state index < -0.39 is 0 Å². The third-order valence-corrected chi connectivity index (χ3v) is 5.38. The largest absolute Gasteiger partial charge is 0.371 e. The van der Waals surface area contributed by atoms with Gasteiger partial charge in [0.05, 0.1) is 0 Å². The van der Waals surface area contributed by atoms with Gasteiger partial charge in [0, 0.05) is 37.2 Å². The van der Waals surface area contributed by atoms with Gasteiger partial charge >= 0.3 is 0 Å². The van der Waals surface area contributed by atoms with Crippen LogP contribution >= 0.6 is 0 Å². The van der Waals surface area contributed by atoms with E-state index in [1.807, 2.05) is 18.5 Å². The van der Waals surface area contributed by atoms with Crippen molar-refractivity contribution in [2.24, 2.45) is 0 Å². The second-order valence-corrected chi connectivity index (χ2v) is 7.24. The van der Waals surface area contributed by atoms with Gasteiger partial charge in [-0.1, -0.05) is 48.5 Å². The summed E-state index contributed by atoms with van der Waals surface area (Å²) in [6, 6.07) is 24.4. The second-order valence-electron chi connectivity index (χ2n) is 7.24. The van der Waals surface area contributed by atoms with Crippen LogP contribution in [0.25, 0.3) is 11.1 Å². The van der Waals surface area contributed by atoms with Gasteiger partial charge in [0.2, 0.25) is 0 Å². The summed E-state index contributed by atoms with van der Waals surface area (Å²) in [5, 5.41) is 3.72. The van der Waals surface area contributed by atoms with Gasteiger partial charge in [-0.3, -0.25) is 4.98 Å². The van der Waals surface area contributed by atoms with Crippen molar-refractivity contribution in [3.63, 3.8) is 0 Å². The monoisotopic (exact) mass is 357 g/mol. The molecule has 138 valence electrons. The minimum atomic E-state index is 0.621. The maximum absolute atomic E-state index is 4.19. The molecule has 3 nitrogen and oxygen atoms in total. The Labute approximate surface area is 162 Å². The number of rotatable bonds is 6. The van der Waals surface area contributed by atoms with Crippen LogP contribution < -0.4 is 10.2 Å². The summed E-state index contributed by atoms with van der Waals surface area (Å²) in [5.41, 5.74) is 5.22. The Morgan fingerprint density at radius 2 is 1.70 bits per heavy atom. The lowest BCUT2D eigenvalue weighted by atomic mass is 10.0. The fraction of sp³-hybridized carbons (Fsp3) is 0.292. The van der Waals surface area contributed by atoms with E-state index in [0.29, 0.717) is 6.04 Å². The molecule has 1 aliphatic rings. The molecular formula is C24H27N3. The lowest BCUT2D eigenvalue weighted by molar-refractivity contribution is 0.417. The number of nitrogens with zero attached hydrogens (tertiary/aromatic N) is 2. The highest BCUT2D eigenvalue weighted by molar-refractivity contribution is 5.68. The minimum Gasteiger partial charge on any atom is -0.371 e. The molecule has 1 saturated heterocycles. The van der Waals surface area contributed by atoms with Gasteiger partial charge in [0.15, 0.2) is 0 Å². The second kappa shape index (κ2) is 8.83. The van der Waals surface area contributed by atoms with Crippen molar-refractivity contribution in [2.75, 3.05) is 24.5 Å². The van der Waals surface area contributed by atoms with Gasteiger partial charge < -0.3 is 10.2 Å². The summed E-state index contributed by atoms with van der Waals surface area (Å²) in [6.07, 6.45) is 7.24. The van der Waals surface area contributed by atoms with E-state index in [1.165, 1.54) is 35.2 Å². The number of aromatic nitrogens is 1. The van der Waals surface area contributed by atoms with E-state index in [9.17, 15) is 0 Å². The molecule has 0 atom stereocenters. The van der Waals surface area contributed by atoms with E-state index in [2.05, 4.69) is 75.9 Å².